The number of carbonyl (C=O) groups is 1. The van der Waals surface area contributed by atoms with Crippen molar-refractivity contribution in [3.8, 4) is 0 Å². The Hall–Kier alpha value is -2.37. The van der Waals surface area contributed by atoms with Gasteiger partial charge in [0.1, 0.15) is 0 Å². The summed E-state index contributed by atoms with van der Waals surface area (Å²) in [7, 11) is 2.14. The molecule has 0 atom stereocenters. The van der Waals surface area contributed by atoms with E-state index in [1.165, 1.54) is 5.56 Å². The van der Waals surface area contributed by atoms with Crippen LogP contribution in [0.25, 0.3) is 10.8 Å². The van der Waals surface area contributed by atoms with Crippen LogP contribution in [0, 0.1) is 0 Å². The summed E-state index contributed by atoms with van der Waals surface area (Å²) in [6.45, 7) is 3.90. The number of benzene rings is 3. The van der Waals surface area contributed by atoms with Gasteiger partial charge in [-0.05, 0) is 48.9 Å². The van der Waals surface area contributed by atoms with Gasteiger partial charge in [-0.1, -0.05) is 46.3 Å². The second kappa shape index (κ2) is 7.94. The third-order valence-electron chi connectivity index (χ3n) is 5.45. The highest BCUT2D eigenvalue weighted by molar-refractivity contribution is 9.10. The van der Waals surface area contributed by atoms with Crippen LogP contribution in [0.5, 0.6) is 0 Å². The van der Waals surface area contributed by atoms with Crippen molar-refractivity contribution >= 4 is 38.4 Å². The summed E-state index contributed by atoms with van der Waals surface area (Å²) in [4.78, 5) is 16.5. The van der Waals surface area contributed by atoms with Crippen LogP contribution in [-0.4, -0.2) is 49.2 Å². The number of hydrogen-bond acceptors (Lipinski definition) is 3. The van der Waals surface area contributed by atoms with E-state index < -0.39 is 5.97 Å². The van der Waals surface area contributed by atoms with Crippen molar-refractivity contribution in [2.24, 2.45) is 0 Å². The van der Waals surface area contributed by atoms with Gasteiger partial charge in [0, 0.05) is 47.1 Å². The van der Waals surface area contributed by atoms with Crippen molar-refractivity contribution in [2.45, 2.75) is 6.42 Å². The van der Waals surface area contributed by atoms with Crippen LogP contribution in [-0.2, 0) is 6.42 Å². The minimum Gasteiger partial charge on any atom is -0.478 e. The van der Waals surface area contributed by atoms with E-state index in [1.54, 1.807) is 0 Å². The average molecular weight is 439 g/mol. The molecule has 1 saturated heterocycles. The van der Waals surface area contributed by atoms with Crippen LogP contribution < -0.4 is 4.90 Å². The van der Waals surface area contributed by atoms with Crippen molar-refractivity contribution in [1.82, 2.24) is 4.90 Å². The number of piperazine rings is 1. The zero-order chi connectivity index (χ0) is 19.7. The topological polar surface area (TPSA) is 43.8 Å². The Morgan fingerprint density at radius 2 is 1.75 bits per heavy atom. The molecule has 1 N–H and O–H groups in total. The molecule has 144 valence electrons. The second-order valence-electron chi connectivity index (χ2n) is 7.38. The van der Waals surface area contributed by atoms with Crippen LogP contribution in [0.1, 0.15) is 21.5 Å². The highest BCUT2D eigenvalue weighted by Gasteiger charge is 2.20. The lowest BCUT2D eigenvalue weighted by Gasteiger charge is -2.35. The molecule has 0 aromatic heterocycles. The molecule has 0 radical (unpaired) electrons. The predicted octanol–water partition coefficient (Wildman–Crippen LogP) is 4.64. The molecule has 4 rings (SSSR count). The smallest absolute Gasteiger partial charge is 0.335 e. The molecule has 0 saturated carbocycles. The summed E-state index contributed by atoms with van der Waals surface area (Å²) in [6, 6.07) is 18.0. The van der Waals surface area contributed by atoms with Crippen LogP contribution in [0.4, 0.5) is 5.69 Å². The van der Waals surface area contributed by atoms with Crippen molar-refractivity contribution in [3.63, 3.8) is 0 Å². The molecular weight excluding hydrogens is 416 g/mol. The molecule has 0 amide bonds. The monoisotopic (exact) mass is 438 g/mol. The molecule has 1 heterocycles. The molecule has 0 bridgehead atoms. The Bertz CT molecular complexity index is 1010. The van der Waals surface area contributed by atoms with Gasteiger partial charge in [-0.15, -0.1) is 0 Å². The first-order valence-electron chi connectivity index (χ1n) is 9.49. The number of rotatable bonds is 4. The number of anilines is 1. The number of halogens is 1. The number of carboxylic acids is 1. The minimum atomic E-state index is -0.888. The number of aromatic carboxylic acids is 1. The number of carboxylic acid groups (broad SMARTS) is 1. The second-order valence-corrected chi connectivity index (χ2v) is 8.24. The third kappa shape index (κ3) is 3.77. The molecule has 5 heteroatoms. The van der Waals surface area contributed by atoms with Crippen molar-refractivity contribution < 1.29 is 9.90 Å². The molecule has 1 aliphatic heterocycles. The van der Waals surface area contributed by atoms with Gasteiger partial charge in [-0.25, -0.2) is 4.79 Å². The summed E-state index contributed by atoms with van der Waals surface area (Å²) in [5.74, 6) is -0.888. The zero-order valence-electron chi connectivity index (χ0n) is 15.9. The Morgan fingerprint density at radius 3 is 2.43 bits per heavy atom. The standard InChI is InChI=1S/C23H23BrN2O2/c1-25-9-11-26(12-10-25)21-8-7-20(24)22-17(13-16-5-3-2-4-6-16)14-18(23(27)28)15-19(21)22/h2-8,14-15H,9-13H2,1H3,(H,27,28). The normalized spacial score (nSPS) is 15.1. The largest absolute Gasteiger partial charge is 0.478 e. The fourth-order valence-electron chi connectivity index (χ4n) is 3.91. The van der Waals surface area contributed by atoms with Gasteiger partial charge in [-0.3, -0.25) is 0 Å². The van der Waals surface area contributed by atoms with E-state index in [0.717, 1.165) is 52.7 Å². The van der Waals surface area contributed by atoms with Crippen molar-refractivity contribution in [1.29, 1.82) is 0 Å². The number of likely N-dealkylation sites (N-methyl/N-ethyl adjacent to an activating group) is 1. The van der Waals surface area contributed by atoms with E-state index in [4.69, 9.17) is 0 Å². The van der Waals surface area contributed by atoms with Crippen molar-refractivity contribution in [2.75, 3.05) is 38.1 Å². The molecule has 0 aliphatic carbocycles. The summed E-state index contributed by atoms with van der Waals surface area (Å²) in [5, 5.41) is 11.8. The first-order chi connectivity index (χ1) is 13.5. The van der Waals surface area contributed by atoms with Crippen molar-refractivity contribution in [3.05, 3.63) is 75.8 Å². The fraction of sp³-hybridized carbons (Fsp3) is 0.261. The molecule has 3 aromatic carbocycles. The maximum atomic E-state index is 11.8. The highest BCUT2D eigenvalue weighted by atomic mass is 79.9. The summed E-state index contributed by atoms with van der Waals surface area (Å²) in [5.41, 5.74) is 3.66. The van der Waals surface area contributed by atoms with E-state index in [1.807, 2.05) is 30.3 Å². The lowest BCUT2D eigenvalue weighted by atomic mass is 9.94. The highest BCUT2D eigenvalue weighted by Crippen LogP contribution is 2.37. The molecular formula is C23H23BrN2O2. The van der Waals surface area contributed by atoms with E-state index in [9.17, 15) is 9.90 Å². The SMILES string of the molecule is CN1CCN(c2ccc(Br)c3c(Cc4ccccc4)cc(C(=O)O)cc23)CC1. The van der Waals surface area contributed by atoms with Gasteiger partial charge in [-0.2, -0.15) is 0 Å². The lowest BCUT2D eigenvalue weighted by Crippen LogP contribution is -2.44. The minimum absolute atomic E-state index is 0.340. The number of fused-ring (bicyclic) bond motifs is 1. The molecule has 1 fully saturated rings. The Balaban J connectivity index is 1.88. The quantitative estimate of drug-likeness (QED) is 0.643. The molecule has 0 unspecified atom stereocenters. The Kier molecular flexibility index (Phi) is 5.38. The van der Waals surface area contributed by atoms with Crippen LogP contribution in [0.2, 0.25) is 0 Å². The summed E-state index contributed by atoms with van der Waals surface area (Å²) in [6.07, 6.45) is 0.698. The maximum absolute atomic E-state index is 11.8. The molecule has 4 nitrogen and oxygen atoms in total. The van der Waals surface area contributed by atoms with Crippen LogP contribution >= 0.6 is 15.9 Å². The third-order valence-corrected chi connectivity index (χ3v) is 6.11. The van der Waals surface area contributed by atoms with Crippen LogP contribution in [0.3, 0.4) is 0 Å². The van der Waals surface area contributed by atoms with E-state index >= 15 is 0 Å². The fourth-order valence-corrected chi connectivity index (χ4v) is 4.51. The molecule has 28 heavy (non-hydrogen) atoms. The van der Waals surface area contributed by atoms with Gasteiger partial charge in [0.05, 0.1) is 5.56 Å². The maximum Gasteiger partial charge on any atom is 0.335 e. The summed E-state index contributed by atoms with van der Waals surface area (Å²) >= 11 is 3.72. The molecule has 1 aliphatic rings. The van der Waals surface area contributed by atoms with E-state index in [0.29, 0.717) is 12.0 Å². The first-order valence-corrected chi connectivity index (χ1v) is 10.3. The number of hydrogen-bond donors (Lipinski definition) is 1. The van der Waals surface area contributed by atoms with Crippen LogP contribution in [0.15, 0.2) is 59.1 Å². The summed E-state index contributed by atoms with van der Waals surface area (Å²) < 4.78 is 1.00. The molecule has 0 spiro atoms. The Labute approximate surface area is 173 Å². The van der Waals surface area contributed by atoms with Gasteiger partial charge < -0.3 is 14.9 Å². The van der Waals surface area contributed by atoms with E-state index in [2.05, 4.69) is 57.0 Å². The first kappa shape index (κ1) is 19.0. The van der Waals surface area contributed by atoms with E-state index in [-0.39, 0.29) is 0 Å². The number of nitrogens with zero attached hydrogens (tertiary/aromatic N) is 2. The lowest BCUT2D eigenvalue weighted by molar-refractivity contribution is 0.0697. The average Bonchev–Trinajstić information content (AvgIpc) is 2.69. The molecule has 3 aromatic rings. The Morgan fingerprint density at radius 1 is 1.04 bits per heavy atom. The van der Waals surface area contributed by atoms with Gasteiger partial charge in [0.15, 0.2) is 0 Å². The van der Waals surface area contributed by atoms with Gasteiger partial charge in [0.2, 0.25) is 0 Å². The zero-order valence-corrected chi connectivity index (χ0v) is 17.4. The van der Waals surface area contributed by atoms with Gasteiger partial charge in [0.25, 0.3) is 0 Å². The van der Waals surface area contributed by atoms with Gasteiger partial charge >= 0.3 is 5.97 Å². The predicted molar refractivity (Wildman–Crippen MR) is 118 cm³/mol.